The quantitative estimate of drug-likeness (QED) is 0.838. The predicted octanol–water partition coefficient (Wildman–Crippen LogP) is 2.55. The molecule has 0 atom stereocenters. The zero-order valence-corrected chi connectivity index (χ0v) is 9.93. The summed E-state index contributed by atoms with van der Waals surface area (Å²) in [5, 5.41) is 8.79. The summed E-state index contributed by atoms with van der Waals surface area (Å²) in [6.45, 7) is 1.94. The first kappa shape index (κ1) is 11.9. The number of hydrogen-bond donors (Lipinski definition) is 1. The zero-order valence-electron chi connectivity index (χ0n) is 9.93. The first-order chi connectivity index (χ1) is 8.72. The summed E-state index contributed by atoms with van der Waals surface area (Å²) in [4.78, 5) is 14.6. The van der Waals surface area contributed by atoms with Gasteiger partial charge in [-0.1, -0.05) is 30.3 Å². The van der Waals surface area contributed by atoms with E-state index in [1.54, 1.807) is 6.92 Å². The van der Waals surface area contributed by atoms with E-state index in [4.69, 9.17) is 10.00 Å². The molecule has 2 rings (SSSR count). The number of nitrogens with zero attached hydrogens (tertiary/aromatic N) is 1. The van der Waals surface area contributed by atoms with Gasteiger partial charge in [-0.15, -0.1) is 0 Å². The van der Waals surface area contributed by atoms with Crippen LogP contribution in [0.3, 0.4) is 0 Å². The standard InChI is InChI=1S/C14H12N2O2/c1-10-12(8-16-13(10)7-15)14(17)18-9-11-5-3-2-4-6-11/h2-6,8,16H,9H2,1H3. The highest BCUT2D eigenvalue weighted by molar-refractivity contribution is 5.91. The molecule has 0 saturated carbocycles. The van der Waals surface area contributed by atoms with Gasteiger partial charge in [0.05, 0.1) is 5.56 Å². The van der Waals surface area contributed by atoms with Crippen molar-refractivity contribution in [2.24, 2.45) is 0 Å². The summed E-state index contributed by atoms with van der Waals surface area (Å²) in [5.41, 5.74) is 2.35. The molecule has 4 heteroatoms. The molecule has 18 heavy (non-hydrogen) atoms. The monoisotopic (exact) mass is 240 g/mol. The Labute approximate surface area is 105 Å². The van der Waals surface area contributed by atoms with Crippen LogP contribution in [0.1, 0.15) is 27.2 Å². The topological polar surface area (TPSA) is 65.9 Å². The van der Waals surface area contributed by atoms with Crippen LogP contribution < -0.4 is 0 Å². The normalized spacial score (nSPS) is 9.78. The van der Waals surface area contributed by atoms with Crippen LogP contribution in [-0.2, 0) is 11.3 Å². The lowest BCUT2D eigenvalue weighted by atomic mass is 10.2. The van der Waals surface area contributed by atoms with E-state index in [9.17, 15) is 4.79 Å². The molecule has 0 unspecified atom stereocenters. The van der Waals surface area contributed by atoms with E-state index in [1.165, 1.54) is 6.20 Å². The average molecular weight is 240 g/mol. The minimum Gasteiger partial charge on any atom is -0.457 e. The second-order valence-electron chi connectivity index (χ2n) is 3.88. The van der Waals surface area contributed by atoms with E-state index in [2.05, 4.69) is 4.98 Å². The maximum absolute atomic E-state index is 11.8. The summed E-state index contributed by atoms with van der Waals surface area (Å²) in [6.07, 6.45) is 1.50. The Morgan fingerprint density at radius 2 is 2.11 bits per heavy atom. The molecule has 0 aliphatic rings. The molecule has 0 amide bonds. The van der Waals surface area contributed by atoms with Gasteiger partial charge in [0, 0.05) is 6.20 Å². The lowest BCUT2D eigenvalue weighted by molar-refractivity contribution is 0.0472. The number of carbonyl (C=O) groups is 1. The van der Waals surface area contributed by atoms with Gasteiger partial charge >= 0.3 is 5.97 Å². The molecule has 0 aliphatic heterocycles. The average Bonchev–Trinajstić information content (AvgIpc) is 2.78. The van der Waals surface area contributed by atoms with Gasteiger partial charge in [0.15, 0.2) is 0 Å². The Balaban J connectivity index is 2.05. The smallest absolute Gasteiger partial charge is 0.340 e. The van der Waals surface area contributed by atoms with Crippen molar-refractivity contribution in [3.8, 4) is 6.07 Å². The molecule has 0 bridgehead atoms. The van der Waals surface area contributed by atoms with E-state index in [1.807, 2.05) is 36.4 Å². The number of benzene rings is 1. The minimum absolute atomic E-state index is 0.228. The molecule has 0 fully saturated rings. The SMILES string of the molecule is Cc1c(C(=O)OCc2ccccc2)c[nH]c1C#N. The molecule has 1 aromatic carbocycles. The molecule has 0 saturated heterocycles. The second-order valence-corrected chi connectivity index (χ2v) is 3.88. The van der Waals surface area contributed by atoms with Gasteiger partial charge in [-0.25, -0.2) is 4.79 Å². The number of hydrogen-bond acceptors (Lipinski definition) is 3. The summed E-state index contributed by atoms with van der Waals surface area (Å²) in [5.74, 6) is -0.422. The first-order valence-corrected chi connectivity index (χ1v) is 5.51. The molecule has 90 valence electrons. The Bertz CT molecular complexity index is 594. The Kier molecular flexibility index (Phi) is 3.44. The minimum atomic E-state index is -0.422. The van der Waals surface area contributed by atoms with E-state index in [0.717, 1.165) is 5.56 Å². The van der Waals surface area contributed by atoms with Crippen molar-refractivity contribution in [2.75, 3.05) is 0 Å². The van der Waals surface area contributed by atoms with Crippen molar-refractivity contribution < 1.29 is 9.53 Å². The number of aromatic amines is 1. The van der Waals surface area contributed by atoms with Crippen molar-refractivity contribution in [1.82, 2.24) is 4.98 Å². The summed E-state index contributed by atoms with van der Waals surface area (Å²) in [6, 6.07) is 11.4. The van der Waals surface area contributed by atoms with Crippen molar-refractivity contribution in [2.45, 2.75) is 13.5 Å². The number of rotatable bonds is 3. The van der Waals surface area contributed by atoms with Crippen molar-refractivity contribution in [3.05, 3.63) is 58.9 Å². The third-order valence-corrected chi connectivity index (χ3v) is 2.68. The van der Waals surface area contributed by atoms with Crippen molar-refractivity contribution in [1.29, 1.82) is 5.26 Å². The molecule has 4 nitrogen and oxygen atoms in total. The van der Waals surface area contributed by atoms with Gasteiger partial charge in [-0.3, -0.25) is 0 Å². The lowest BCUT2D eigenvalue weighted by Crippen LogP contribution is -2.05. The van der Waals surface area contributed by atoms with Gasteiger partial charge in [-0.2, -0.15) is 5.26 Å². The van der Waals surface area contributed by atoms with Crippen LogP contribution in [0.2, 0.25) is 0 Å². The Hall–Kier alpha value is -2.54. The highest BCUT2D eigenvalue weighted by atomic mass is 16.5. The molecule has 1 aromatic heterocycles. The van der Waals surface area contributed by atoms with Crippen LogP contribution in [0, 0.1) is 18.3 Å². The van der Waals surface area contributed by atoms with Crippen LogP contribution in [0.25, 0.3) is 0 Å². The predicted molar refractivity (Wildman–Crippen MR) is 65.8 cm³/mol. The van der Waals surface area contributed by atoms with Crippen LogP contribution in [-0.4, -0.2) is 11.0 Å². The zero-order chi connectivity index (χ0) is 13.0. The maximum Gasteiger partial charge on any atom is 0.340 e. The summed E-state index contributed by atoms with van der Waals surface area (Å²) < 4.78 is 5.18. The van der Waals surface area contributed by atoms with Gasteiger partial charge in [-0.05, 0) is 18.1 Å². The Morgan fingerprint density at radius 3 is 2.72 bits per heavy atom. The largest absolute Gasteiger partial charge is 0.457 e. The van der Waals surface area contributed by atoms with E-state index in [0.29, 0.717) is 16.8 Å². The van der Waals surface area contributed by atoms with E-state index in [-0.39, 0.29) is 6.61 Å². The highest BCUT2D eigenvalue weighted by Crippen LogP contribution is 2.14. The Morgan fingerprint density at radius 1 is 1.39 bits per heavy atom. The number of ether oxygens (including phenoxy) is 1. The van der Waals surface area contributed by atoms with Gasteiger partial charge < -0.3 is 9.72 Å². The molecular formula is C14H12N2O2. The highest BCUT2D eigenvalue weighted by Gasteiger charge is 2.15. The van der Waals surface area contributed by atoms with Gasteiger partial charge in [0.1, 0.15) is 18.4 Å². The molecule has 2 aromatic rings. The van der Waals surface area contributed by atoms with Gasteiger partial charge in [0.2, 0.25) is 0 Å². The van der Waals surface area contributed by atoms with Crippen LogP contribution in [0.5, 0.6) is 0 Å². The van der Waals surface area contributed by atoms with Crippen LogP contribution in [0.15, 0.2) is 36.5 Å². The van der Waals surface area contributed by atoms with E-state index < -0.39 is 5.97 Å². The number of aromatic nitrogens is 1. The van der Waals surface area contributed by atoms with E-state index >= 15 is 0 Å². The molecule has 0 aliphatic carbocycles. The molecule has 1 heterocycles. The molecule has 1 N–H and O–H groups in total. The number of nitrogens with one attached hydrogen (secondary N) is 1. The lowest BCUT2D eigenvalue weighted by Gasteiger charge is -2.04. The van der Waals surface area contributed by atoms with Crippen LogP contribution in [0.4, 0.5) is 0 Å². The number of carbonyl (C=O) groups excluding carboxylic acids is 1. The second kappa shape index (κ2) is 5.19. The third kappa shape index (κ3) is 2.41. The van der Waals surface area contributed by atoms with Gasteiger partial charge in [0.25, 0.3) is 0 Å². The first-order valence-electron chi connectivity index (χ1n) is 5.51. The summed E-state index contributed by atoms with van der Waals surface area (Å²) in [7, 11) is 0. The molecule has 0 radical (unpaired) electrons. The van der Waals surface area contributed by atoms with Crippen molar-refractivity contribution >= 4 is 5.97 Å². The fourth-order valence-corrected chi connectivity index (χ4v) is 1.62. The molecular weight excluding hydrogens is 228 g/mol. The van der Waals surface area contributed by atoms with Crippen molar-refractivity contribution in [3.63, 3.8) is 0 Å². The molecule has 0 spiro atoms. The fraction of sp³-hybridized carbons (Fsp3) is 0.143. The third-order valence-electron chi connectivity index (χ3n) is 2.68. The number of H-pyrrole nitrogens is 1. The summed E-state index contributed by atoms with van der Waals surface area (Å²) >= 11 is 0. The maximum atomic E-state index is 11.8. The fourth-order valence-electron chi connectivity index (χ4n) is 1.62. The number of esters is 1. The number of nitriles is 1. The van der Waals surface area contributed by atoms with Crippen LogP contribution >= 0.6 is 0 Å².